The van der Waals surface area contributed by atoms with Crippen LogP contribution < -0.4 is 11.1 Å². The van der Waals surface area contributed by atoms with E-state index in [0.717, 1.165) is 5.56 Å². The molecule has 1 aliphatic heterocycles. The standard InChI is InChI=1S/C20H20N6O/c1-11-7-8-14(10-12(11)2)19-24-20-23-13(3)16(18(21)27)17(26(20)25-19)15-6-4-5-9-22-15/h4-10,17H,1-3H3,(H2,21,27)(H,23,24,25). The highest BCUT2D eigenvalue weighted by Gasteiger charge is 2.34. The molecule has 1 amide bonds. The third-order valence-electron chi connectivity index (χ3n) is 4.85. The number of carbonyl (C=O) groups excluding carboxylic acids is 1. The fraction of sp³-hybridized carbons (Fsp3) is 0.200. The number of nitrogens with one attached hydrogen (secondary N) is 1. The first-order valence-electron chi connectivity index (χ1n) is 8.68. The van der Waals surface area contributed by atoms with Crippen molar-refractivity contribution in [3.05, 3.63) is 70.7 Å². The second-order valence-corrected chi connectivity index (χ2v) is 6.69. The van der Waals surface area contributed by atoms with Gasteiger partial charge in [-0.15, -0.1) is 5.10 Å². The number of aryl methyl sites for hydroxylation is 2. The van der Waals surface area contributed by atoms with Crippen LogP contribution in [0.4, 0.5) is 5.95 Å². The molecule has 27 heavy (non-hydrogen) atoms. The van der Waals surface area contributed by atoms with E-state index < -0.39 is 11.9 Å². The lowest BCUT2D eigenvalue weighted by Gasteiger charge is -2.26. The van der Waals surface area contributed by atoms with Crippen molar-refractivity contribution in [2.75, 3.05) is 5.32 Å². The summed E-state index contributed by atoms with van der Waals surface area (Å²) < 4.78 is 1.68. The fourth-order valence-corrected chi connectivity index (χ4v) is 3.28. The molecule has 2 aromatic heterocycles. The number of pyridine rings is 1. The number of hydrogen-bond acceptors (Lipinski definition) is 5. The van der Waals surface area contributed by atoms with Crippen molar-refractivity contribution in [1.82, 2.24) is 19.7 Å². The first-order chi connectivity index (χ1) is 13.0. The molecule has 7 heteroatoms. The molecule has 0 spiro atoms. The quantitative estimate of drug-likeness (QED) is 0.748. The van der Waals surface area contributed by atoms with E-state index in [1.165, 1.54) is 11.1 Å². The molecule has 7 nitrogen and oxygen atoms in total. The highest BCUT2D eigenvalue weighted by molar-refractivity contribution is 5.95. The van der Waals surface area contributed by atoms with E-state index >= 15 is 0 Å². The molecule has 136 valence electrons. The molecule has 0 saturated carbocycles. The molecule has 1 unspecified atom stereocenters. The molecule has 4 rings (SSSR count). The third-order valence-corrected chi connectivity index (χ3v) is 4.85. The molecule has 0 saturated heterocycles. The zero-order valence-corrected chi connectivity index (χ0v) is 15.4. The van der Waals surface area contributed by atoms with Crippen LogP contribution in [0, 0.1) is 13.8 Å². The number of primary amides is 1. The van der Waals surface area contributed by atoms with Gasteiger partial charge in [0.2, 0.25) is 11.9 Å². The van der Waals surface area contributed by atoms with E-state index in [1.807, 2.05) is 37.3 Å². The van der Waals surface area contributed by atoms with Gasteiger partial charge >= 0.3 is 0 Å². The molecular weight excluding hydrogens is 340 g/mol. The Morgan fingerprint density at radius 2 is 1.96 bits per heavy atom. The van der Waals surface area contributed by atoms with Crippen molar-refractivity contribution in [2.45, 2.75) is 26.8 Å². The minimum absolute atomic E-state index is 0.428. The smallest absolute Gasteiger partial charge is 0.248 e. The van der Waals surface area contributed by atoms with Crippen LogP contribution >= 0.6 is 0 Å². The number of nitrogens with two attached hydrogens (primary N) is 1. The molecule has 1 aliphatic rings. The Kier molecular flexibility index (Phi) is 3.99. The average molecular weight is 360 g/mol. The van der Waals surface area contributed by atoms with Gasteiger partial charge in [0.05, 0.1) is 11.3 Å². The summed E-state index contributed by atoms with van der Waals surface area (Å²) in [5, 5.41) is 7.83. The molecule has 0 radical (unpaired) electrons. The van der Waals surface area contributed by atoms with Crippen molar-refractivity contribution in [3.8, 4) is 11.4 Å². The van der Waals surface area contributed by atoms with Crippen LogP contribution in [-0.2, 0) is 4.79 Å². The van der Waals surface area contributed by atoms with Crippen molar-refractivity contribution >= 4 is 11.9 Å². The zero-order chi connectivity index (χ0) is 19.1. The number of nitrogens with zero attached hydrogens (tertiary/aromatic N) is 4. The van der Waals surface area contributed by atoms with E-state index in [1.54, 1.807) is 10.9 Å². The summed E-state index contributed by atoms with van der Waals surface area (Å²) in [6.45, 7) is 5.93. The number of fused-ring (bicyclic) bond motifs is 1. The van der Waals surface area contributed by atoms with Crippen molar-refractivity contribution in [1.29, 1.82) is 0 Å². The number of aromatic nitrogens is 4. The maximum Gasteiger partial charge on any atom is 0.248 e. The molecule has 0 aliphatic carbocycles. The summed E-state index contributed by atoms with van der Waals surface area (Å²) in [4.78, 5) is 21.2. The minimum Gasteiger partial charge on any atom is -0.366 e. The second kappa shape index (κ2) is 6.35. The number of carbonyl (C=O) groups is 1. The zero-order valence-electron chi connectivity index (χ0n) is 15.4. The Bertz CT molecular complexity index is 1070. The Morgan fingerprint density at radius 1 is 1.15 bits per heavy atom. The largest absolute Gasteiger partial charge is 0.366 e. The van der Waals surface area contributed by atoms with Gasteiger partial charge in [0, 0.05) is 17.5 Å². The maximum atomic E-state index is 12.2. The SMILES string of the molecule is CC1=C(C(N)=O)C(c2ccccn2)n2nc(-c3ccc(C)c(C)c3)nc2N1. The van der Waals surface area contributed by atoms with Crippen LogP contribution in [0.2, 0.25) is 0 Å². The Balaban J connectivity index is 1.87. The van der Waals surface area contributed by atoms with E-state index in [2.05, 4.69) is 40.3 Å². The molecule has 1 atom stereocenters. The summed E-state index contributed by atoms with van der Waals surface area (Å²) in [7, 11) is 0. The van der Waals surface area contributed by atoms with Crippen LogP contribution in [0.3, 0.4) is 0 Å². The molecule has 0 fully saturated rings. The Labute approximate surface area is 157 Å². The predicted molar refractivity (Wildman–Crippen MR) is 103 cm³/mol. The fourth-order valence-electron chi connectivity index (χ4n) is 3.28. The number of benzene rings is 1. The molecule has 3 N–H and O–H groups in total. The molecular formula is C20H20N6O. The number of allylic oxidation sites excluding steroid dienone is 1. The monoisotopic (exact) mass is 360 g/mol. The van der Waals surface area contributed by atoms with E-state index in [-0.39, 0.29) is 0 Å². The molecule has 3 aromatic rings. The summed E-state index contributed by atoms with van der Waals surface area (Å²) in [6, 6.07) is 11.1. The summed E-state index contributed by atoms with van der Waals surface area (Å²) in [5.41, 5.74) is 10.7. The van der Waals surface area contributed by atoms with Crippen LogP contribution in [0.5, 0.6) is 0 Å². The number of rotatable bonds is 3. The first-order valence-corrected chi connectivity index (χ1v) is 8.68. The van der Waals surface area contributed by atoms with E-state index in [9.17, 15) is 4.79 Å². The van der Waals surface area contributed by atoms with Crippen LogP contribution in [0.1, 0.15) is 29.8 Å². The van der Waals surface area contributed by atoms with Crippen LogP contribution in [0.15, 0.2) is 53.9 Å². The van der Waals surface area contributed by atoms with Crippen molar-refractivity contribution < 1.29 is 4.79 Å². The predicted octanol–water partition coefficient (Wildman–Crippen LogP) is 2.73. The van der Waals surface area contributed by atoms with Gasteiger partial charge in [-0.05, 0) is 50.1 Å². The summed E-state index contributed by atoms with van der Waals surface area (Å²) >= 11 is 0. The van der Waals surface area contributed by atoms with Gasteiger partial charge in [0.15, 0.2) is 5.82 Å². The lowest BCUT2D eigenvalue weighted by Crippen LogP contribution is -2.32. The first kappa shape index (κ1) is 17.0. The van der Waals surface area contributed by atoms with Crippen molar-refractivity contribution in [2.24, 2.45) is 5.73 Å². The Morgan fingerprint density at radius 3 is 2.63 bits per heavy atom. The van der Waals surface area contributed by atoms with Crippen LogP contribution in [0.25, 0.3) is 11.4 Å². The Hall–Kier alpha value is -3.48. The molecule has 0 bridgehead atoms. The second-order valence-electron chi connectivity index (χ2n) is 6.69. The lowest BCUT2D eigenvalue weighted by molar-refractivity contribution is -0.115. The summed E-state index contributed by atoms with van der Waals surface area (Å²) in [6.07, 6.45) is 1.69. The highest BCUT2D eigenvalue weighted by Crippen LogP contribution is 2.35. The number of hydrogen-bond donors (Lipinski definition) is 2. The van der Waals surface area contributed by atoms with E-state index in [4.69, 9.17) is 5.73 Å². The van der Waals surface area contributed by atoms with Crippen LogP contribution in [-0.4, -0.2) is 25.7 Å². The normalized spacial score (nSPS) is 16.0. The van der Waals surface area contributed by atoms with Gasteiger partial charge in [-0.3, -0.25) is 9.78 Å². The lowest BCUT2D eigenvalue weighted by atomic mass is 9.99. The van der Waals surface area contributed by atoms with Gasteiger partial charge in [0.1, 0.15) is 6.04 Å². The minimum atomic E-state index is -0.521. The van der Waals surface area contributed by atoms with Gasteiger partial charge in [-0.25, -0.2) is 4.68 Å². The van der Waals surface area contributed by atoms with Gasteiger partial charge in [-0.2, -0.15) is 4.98 Å². The van der Waals surface area contributed by atoms with Crippen molar-refractivity contribution in [3.63, 3.8) is 0 Å². The van der Waals surface area contributed by atoms with Gasteiger partial charge in [0.25, 0.3) is 0 Å². The molecule has 1 aromatic carbocycles. The van der Waals surface area contributed by atoms with Gasteiger partial charge in [-0.1, -0.05) is 18.2 Å². The van der Waals surface area contributed by atoms with Gasteiger partial charge < -0.3 is 11.1 Å². The number of amides is 1. The maximum absolute atomic E-state index is 12.2. The number of anilines is 1. The summed E-state index contributed by atoms with van der Waals surface area (Å²) in [5.74, 6) is 0.631. The highest BCUT2D eigenvalue weighted by atomic mass is 16.1. The third kappa shape index (κ3) is 2.87. The van der Waals surface area contributed by atoms with E-state index in [0.29, 0.717) is 28.7 Å². The molecule has 3 heterocycles. The topological polar surface area (TPSA) is 98.7 Å². The average Bonchev–Trinajstić information content (AvgIpc) is 3.06.